The molecule has 0 spiro atoms. The Hall–Kier alpha value is -2.90. The summed E-state index contributed by atoms with van der Waals surface area (Å²) in [5.74, 6) is -0.891. The van der Waals surface area contributed by atoms with Gasteiger partial charge in [-0.25, -0.2) is 4.79 Å². The predicted octanol–water partition coefficient (Wildman–Crippen LogP) is 3.97. The molecule has 188 valence electrons. The fraction of sp³-hybridized carbons (Fsp3) is 0.615. The van der Waals surface area contributed by atoms with Crippen molar-refractivity contribution >= 4 is 23.8 Å². The number of hydrogen-bond acceptors (Lipinski definition) is 5. The highest BCUT2D eigenvalue weighted by Gasteiger charge is 2.21. The van der Waals surface area contributed by atoms with Gasteiger partial charge in [-0.1, -0.05) is 31.4 Å². The molecule has 0 aromatic heterocycles. The topological polar surface area (TPSA) is 105 Å². The summed E-state index contributed by atoms with van der Waals surface area (Å²) in [6.07, 6.45) is 7.04. The summed E-state index contributed by atoms with van der Waals surface area (Å²) in [5.41, 5.74) is 1.16. The van der Waals surface area contributed by atoms with Gasteiger partial charge in [0.05, 0.1) is 0 Å². The standard InChI is InChI=1S/C26H39N3O5/c1-26(2,3)34-25(33)27-16-9-5-4-7-12-20-13-11-14-21(18-20)24(32)29-17-10-6-8-15-22(30)28-23(31)19-29/h11,13-14,18H,4-10,12,15-17,19H2,1-3H3,(H,27,33)(H,28,30,31). The molecule has 1 aromatic carbocycles. The van der Waals surface area contributed by atoms with Crippen LogP contribution in [0.5, 0.6) is 0 Å². The summed E-state index contributed by atoms with van der Waals surface area (Å²) < 4.78 is 5.21. The molecule has 1 aliphatic rings. The molecule has 0 aliphatic carbocycles. The zero-order valence-electron chi connectivity index (χ0n) is 20.8. The first kappa shape index (κ1) is 27.3. The third-order valence-corrected chi connectivity index (χ3v) is 5.47. The fourth-order valence-electron chi connectivity index (χ4n) is 3.80. The van der Waals surface area contributed by atoms with E-state index in [2.05, 4.69) is 10.6 Å². The van der Waals surface area contributed by atoms with E-state index in [9.17, 15) is 19.2 Å². The van der Waals surface area contributed by atoms with Gasteiger partial charge >= 0.3 is 6.09 Å². The van der Waals surface area contributed by atoms with Crippen LogP contribution in [0, 0.1) is 0 Å². The summed E-state index contributed by atoms with van der Waals surface area (Å²) in [7, 11) is 0. The van der Waals surface area contributed by atoms with E-state index in [1.807, 2.05) is 39.0 Å². The fourth-order valence-corrected chi connectivity index (χ4v) is 3.80. The minimum atomic E-state index is -0.489. The van der Waals surface area contributed by atoms with Crippen molar-refractivity contribution in [3.05, 3.63) is 35.4 Å². The molecule has 1 saturated heterocycles. The highest BCUT2D eigenvalue weighted by Crippen LogP contribution is 2.14. The smallest absolute Gasteiger partial charge is 0.407 e. The normalized spacial score (nSPS) is 15.4. The molecule has 1 fully saturated rings. The van der Waals surface area contributed by atoms with Crippen LogP contribution in [0.15, 0.2) is 24.3 Å². The van der Waals surface area contributed by atoms with Crippen LogP contribution >= 0.6 is 0 Å². The predicted molar refractivity (Wildman–Crippen MR) is 130 cm³/mol. The average molecular weight is 474 g/mol. The van der Waals surface area contributed by atoms with Crippen molar-refractivity contribution in [3.8, 4) is 0 Å². The first-order valence-corrected chi connectivity index (χ1v) is 12.3. The van der Waals surface area contributed by atoms with E-state index in [-0.39, 0.29) is 24.5 Å². The van der Waals surface area contributed by atoms with Crippen LogP contribution in [-0.2, 0) is 20.7 Å². The zero-order valence-corrected chi connectivity index (χ0v) is 20.8. The number of alkyl carbamates (subject to hydrolysis) is 1. The lowest BCUT2D eigenvalue weighted by Gasteiger charge is -2.23. The number of ether oxygens (including phenoxy) is 1. The molecular weight excluding hydrogens is 434 g/mol. The molecule has 1 aliphatic heterocycles. The van der Waals surface area contributed by atoms with Gasteiger partial charge in [0.25, 0.3) is 5.91 Å². The highest BCUT2D eigenvalue weighted by molar-refractivity contribution is 6.00. The van der Waals surface area contributed by atoms with Crippen molar-refractivity contribution in [1.82, 2.24) is 15.5 Å². The van der Waals surface area contributed by atoms with E-state index >= 15 is 0 Å². The maximum absolute atomic E-state index is 13.0. The van der Waals surface area contributed by atoms with Gasteiger partial charge in [-0.05, 0) is 70.6 Å². The number of nitrogens with one attached hydrogen (secondary N) is 2. The maximum Gasteiger partial charge on any atom is 0.407 e. The second kappa shape index (κ2) is 13.7. The molecule has 4 amide bonds. The molecule has 0 bridgehead atoms. The van der Waals surface area contributed by atoms with Crippen molar-refractivity contribution in [3.63, 3.8) is 0 Å². The molecule has 8 nitrogen and oxygen atoms in total. The third kappa shape index (κ3) is 10.8. The number of imide groups is 1. The van der Waals surface area contributed by atoms with Gasteiger partial charge in [0.15, 0.2) is 0 Å². The minimum Gasteiger partial charge on any atom is -0.444 e. The molecular formula is C26H39N3O5. The molecule has 1 aromatic rings. The van der Waals surface area contributed by atoms with E-state index in [1.54, 1.807) is 6.07 Å². The molecule has 0 unspecified atom stereocenters. The summed E-state index contributed by atoms with van der Waals surface area (Å²) >= 11 is 0. The number of amides is 4. The zero-order chi connectivity index (χ0) is 25.0. The lowest BCUT2D eigenvalue weighted by molar-refractivity contribution is -0.131. The van der Waals surface area contributed by atoms with Gasteiger partial charge < -0.3 is 15.0 Å². The van der Waals surface area contributed by atoms with E-state index in [1.165, 1.54) is 4.90 Å². The Labute approximate surface area is 202 Å². The van der Waals surface area contributed by atoms with Crippen LogP contribution in [0.1, 0.15) is 88.1 Å². The second-order valence-electron chi connectivity index (χ2n) is 9.80. The third-order valence-electron chi connectivity index (χ3n) is 5.47. The Morgan fingerprint density at radius 3 is 2.56 bits per heavy atom. The van der Waals surface area contributed by atoms with E-state index < -0.39 is 11.5 Å². The van der Waals surface area contributed by atoms with Crippen molar-refractivity contribution in [1.29, 1.82) is 0 Å². The van der Waals surface area contributed by atoms with Crippen molar-refractivity contribution in [2.24, 2.45) is 0 Å². The van der Waals surface area contributed by atoms with Crippen LogP contribution in [0.3, 0.4) is 0 Å². The minimum absolute atomic E-state index is 0.105. The first-order chi connectivity index (χ1) is 16.1. The number of carbonyl (C=O) groups is 4. The quantitative estimate of drug-likeness (QED) is 0.439. The Kier molecular flexibility index (Phi) is 11.0. The Morgan fingerprint density at radius 2 is 1.79 bits per heavy atom. The van der Waals surface area contributed by atoms with Gasteiger partial charge in [0, 0.05) is 25.1 Å². The maximum atomic E-state index is 13.0. The average Bonchev–Trinajstić information content (AvgIpc) is 2.75. The largest absolute Gasteiger partial charge is 0.444 e. The Balaban J connectivity index is 1.77. The number of hydrogen-bond donors (Lipinski definition) is 2. The van der Waals surface area contributed by atoms with E-state index in [0.29, 0.717) is 31.5 Å². The number of rotatable bonds is 8. The van der Waals surface area contributed by atoms with Crippen LogP contribution in [0.4, 0.5) is 4.79 Å². The first-order valence-electron chi connectivity index (χ1n) is 12.3. The highest BCUT2D eigenvalue weighted by atomic mass is 16.6. The second-order valence-corrected chi connectivity index (χ2v) is 9.80. The molecule has 0 atom stereocenters. The van der Waals surface area contributed by atoms with Crippen molar-refractivity contribution in [2.45, 2.75) is 84.2 Å². The molecule has 2 N–H and O–H groups in total. The van der Waals surface area contributed by atoms with Crippen LogP contribution in [0.25, 0.3) is 0 Å². The van der Waals surface area contributed by atoms with Gasteiger partial charge in [0.2, 0.25) is 11.8 Å². The number of nitrogens with zero attached hydrogens (tertiary/aromatic N) is 1. The number of benzene rings is 1. The summed E-state index contributed by atoms with van der Waals surface area (Å²) in [6, 6.07) is 7.55. The molecule has 8 heteroatoms. The SMILES string of the molecule is CC(C)(C)OC(=O)NCCCCCCc1cccc(C(=O)N2CCCCCC(=O)NC(=O)C2)c1. The summed E-state index contributed by atoms with van der Waals surface area (Å²) in [5, 5.41) is 5.13. The van der Waals surface area contributed by atoms with Crippen molar-refractivity contribution < 1.29 is 23.9 Å². The summed E-state index contributed by atoms with van der Waals surface area (Å²) in [4.78, 5) is 50.0. The Morgan fingerprint density at radius 1 is 1.03 bits per heavy atom. The van der Waals surface area contributed by atoms with Gasteiger partial charge in [0.1, 0.15) is 12.1 Å². The number of aryl methyl sites for hydroxylation is 1. The van der Waals surface area contributed by atoms with Crippen LogP contribution in [-0.4, -0.2) is 54.0 Å². The molecule has 1 heterocycles. The van der Waals surface area contributed by atoms with E-state index in [0.717, 1.165) is 50.5 Å². The number of carbonyl (C=O) groups excluding carboxylic acids is 4. The molecule has 34 heavy (non-hydrogen) atoms. The van der Waals surface area contributed by atoms with Gasteiger partial charge in [-0.2, -0.15) is 0 Å². The Bertz CT molecular complexity index is 847. The monoisotopic (exact) mass is 473 g/mol. The lowest BCUT2D eigenvalue weighted by atomic mass is 10.0. The van der Waals surface area contributed by atoms with Gasteiger partial charge in [-0.15, -0.1) is 0 Å². The van der Waals surface area contributed by atoms with E-state index in [4.69, 9.17) is 4.74 Å². The molecule has 2 rings (SSSR count). The van der Waals surface area contributed by atoms with Gasteiger partial charge in [-0.3, -0.25) is 19.7 Å². The van der Waals surface area contributed by atoms with Crippen LogP contribution in [0.2, 0.25) is 0 Å². The lowest BCUT2D eigenvalue weighted by Crippen LogP contribution is -2.43. The van der Waals surface area contributed by atoms with Crippen molar-refractivity contribution in [2.75, 3.05) is 19.6 Å². The summed E-state index contributed by atoms with van der Waals surface area (Å²) in [6.45, 7) is 6.50. The number of unbranched alkanes of at least 4 members (excludes halogenated alkanes) is 3. The molecule has 0 saturated carbocycles. The van der Waals surface area contributed by atoms with Crippen LogP contribution < -0.4 is 10.6 Å². The molecule has 0 radical (unpaired) electrons.